The molecule has 5 nitrogen and oxygen atoms in total. The average molecular weight is 404 g/mol. The van der Waals surface area contributed by atoms with Gasteiger partial charge in [-0.3, -0.25) is 15.1 Å². The van der Waals surface area contributed by atoms with Gasteiger partial charge in [-0.15, -0.1) is 0 Å². The van der Waals surface area contributed by atoms with Crippen LogP contribution in [0.25, 0.3) is 11.1 Å². The van der Waals surface area contributed by atoms with E-state index >= 15 is 0 Å². The van der Waals surface area contributed by atoms with Crippen LogP contribution in [-0.4, -0.2) is 16.2 Å². The second-order valence-corrected chi connectivity index (χ2v) is 8.02. The van der Waals surface area contributed by atoms with Crippen LogP contribution in [0.2, 0.25) is 0 Å². The van der Waals surface area contributed by atoms with Crippen LogP contribution in [-0.2, 0) is 0 Å². The van der Waals surface area contributed by atoms with Gasteiger partial charge in [0.05, 0.1) is 16.3 Å². The van der Waals surface area contributed by atoms with Gasteiger partial charge in [0.25, 0.3) is 5.69 Å². The second kappa shape index (κ2) is 7.37. The van der Waals surface area contributed by atoms with Crippen LogP contribution in [0.1, 0.15) is 31.4 Å². The van der Waals surface area contributed by atoms with E-state index in [1.54, 1.807) is 19.1 Å². The first-order chi connectivity index (χ1) is 14.2. The molecule has 0 radical (unpaired) electrons. The van der Waals surface area contributed by atoms with E-state index < -0.39 is 10.5 Å². The number of nitro groups is 1. The zero-order valence-corrected chi connectivity index (χ0v) is 17.0. The zero-order chi connectivity index (χ0) is 21.5. The molecular weight excluding hydrogens is 383 g/mol. The molecule has 6 heteroatoms. The SMILES string of the molecule is Cc1ccc(N=C2CC(C)(C)Oc3c2cc([N+](=O)[O-])cc3-c2ccccc2)cc1F. The Hall–Kier alpha value is -3.54. The Morgan fingerprint density at radius 3 is 2.43 bits per heavy atom. The molecule has 0 fully saturated rings. The number of nitrogens with zero attached hydrogens (tertiary/aromatic N) is 2. The summed E-state index contributed by atoms with van der Waals surface area (Å²) >= 11 is 0. The molecule has 0 unspecified atom stereocenters. The summed E-state index contributed by atoms with van der Waals surface area (Å²) in [5.41, 5.74) is 3.02. The number of aliphatic imine (C=N–C) groups is 1. The number of benzene rings is 3. The van der Waals surface area contributed by atoms with E-state index in [2.05, 4.69) is 4.99 Å². The van der Waals surface area contributed by atoms with Crippen molar-refractivity contribution >= 4 is 17.1 Å². The molecule has 0 atom stereocenters. The lowest BCUT2D eigenvalue weighted by atomic mass is 9.88. The van der Waals surface area contributed by atoms with Crippen LogP contribution < -0.4 is 4.74 Å². The molecule has 3 aromatic rings. The molecule has 3 aromatic carbocycles. The van der Waals surface area contributed by atoms with E-state index in [0.29, 0.717) is 40.3 Å². The molecule has 1 aliphatic heterocycles. The number of nitro benzene ring substituents is 1. The van der Waals surface area contributed by atoms with Crippen molar-refractivity contribution in [2.45, 2.75) is 32.8 Å². The largest absolute Gasteiger partial charge is 0.486 e. The fraction of sp³-hybridized carbons (Fsp3) is 0.208. The molecule has 0 amide bonds. The highest BCUT2D eigenvalue weighted by Gasteiger charge is 2.34. The molecule has 0 saturated carbocycles. The Kier molecular flexibility index (Phi) is 4.86. The monoisotopic (exact) mass is 404 g/mol. The summed E-state index contributed by atoms with van der Waals surface area (Å²) in [5.74, 6) is 0.210. The van der Waals surface area contributed by atoms with Gasteiger partial charge < -0.3 is 4.74 Å². The minimum absolute atomic E-state index is 0.0429. The van der Waals surface area contributed by atoms with E-state index in [9.17, 15) is 14.5 Å². The highest BCUT2D eigenvalue weighted by atomic mass is 19.1. The topological polar surface area (TPSA) is 64.7 Å². The third-order valence-corrected chi connectivity index (χ3v) is 5.07. The molecule has 152 valence electrons. The molecule has 4 rings (SSSR count). The molecule has 0 saturated heterocycles. The molecule has 0 aromatic heterocycles. The van der Waals surface area contributed by atoms with Gasteiger partial charge in [0.2, 0.25) is 0 Å². The Morgan fingerprint density at radius 1 is 1.07 bits per heavy atom. The van der Waals surface area contributed by atoms with Gasteiger partial charge in [0, 0.05) is 29.7 Å². The van der Waals surface area contributed by atoms with Crippen LogP contribution in [0.3, 0.4) is 0 Å². The number of halogens is 1. The maximum Gasteiger partial charge on any atom is 0.270 e. The summed E-state index contributed by atoms with van der Waals surface area (Å²) < 4.78 is 20.3. The minimum atomic E-state index is -0.575. The van der Waals surface area contributed by atoms with Crippen molar-refractivity contribution in [1.82, 2.24) is 0 Å². The summed E-state index contributed by atoms with van der Waals surface area (Å²) in [6.45, 7) is 5.57. The van der Waals surface area contributed by atoms with E-state index in [1.165, 1.54) is 18.2 Å². The van der Waals surface area contributed by atoms with Crippen molar-refractivity contribution in [1.29, 1.82) is 0 Å². The van der Waals surface area contributed by atoms with Crippen molar-refractivity contribution in [3.8, 4) is 16.9 Å². The Balaban J connectivity index is 1.97. The average Bonchev–Trinajstić information content (AvgIpc) is 2.70. The van der Waals surface area contributed by atoms with Gasteiger partial charge in [-0.2, -0.15) is 0 Å². The highest BCUT2D eigenvalue weighted by Crippen LogP contribution is 2.44. The first-order valence-electron chi connectivity index (χ1n) is 9.64. The van der Waals surface area contributed by atoms with Crippen molar-refractivity contribution in [2.24, 2.45) is 4.99 Å². The third-order valence-electron chi connectivity index (χ3n) is 5.07. The number of non-ortho nitro benzene ring substituents is 1. The summed E-state index contributed by atoms with van der Waals surface area (Å²) in [7, 11) is 0. The molecule has 0 spiro atoms. The lowest BCUT2D eigenvalue weighted by Crippen LogP contribution is -2.36. The number of fused-ring (bicyclic) bond motifs is 1. The Morgan fingerprint density at radius 2 is 1.77 bits per heavy atom. The molecular formula is C24H21FN2O3. The minimum Gasteiger partial charge on any atom is -0.486 e. The standard InChI is InChI=1S/C24H21FN2O3/c1-15-9-10-17(11-21(15)25)26-22-14-24(2,3)30-23-19(16-7-5-4-6-8-16)12-18(27(28)29)13-20(22)23/h4-13H,14H2,1-3H3. The number of hydrogen-bond donors (Lipinski definition) is 0. The first kappa shape index (κ1) is 19.8. The van der Waals surface area contributed by atoms with E-state index in [4.69, 9.17) is 4.74 Å². The first-order valence-corrected chi connectivity index (χ1v) is 9.64. The summed E-state index contributed by atoms with van der Waals surface area (Å²) in [6.07, 6.45) is 0.435. The Bertz CT molecular complexity index is 1170. The summed E-state index contributed by atoms with van der Waals surface area (Å²) in [5, 5.41) is 11.6. The predicted octanol–water partition coefficient (Wildman–Crippen LogP) is 6.39. The van der Waals surface area contributed by atoms with Gasteiger partial charge in [0.1, 0.15) is 17.2 Å². The van der Waals surface area contributed by atoms with E-state index in [1.807, 2.05) is 44.2 Å². The molecule has 0 N–H and O–H groups in total. The van der Waals surface area contributed by atoms with Crippen LogP contribution in [0.4, 0.5) is 15.8 Å². The predicted molar refractivity (Wildman–Crippen MR) is 115 cm³/mol. The van der Waals surface area contributed by atoms with Gasteiger partial charge >= 0.3 is 0 Å². The van der Waals surface area contributed by atoms with Gasteiger partial charge in [-0.1, -0.05) is 36.4 Å². The lowest BCUT2D eigenvalue weighted by Gasteiger charge is -2.34. The maximum atomic E-state index is 14.1. The number of rotatable bonds is 3. The normalized spacial score (nSPS) is 16.1. The smallest absolute Gasteiger partial charge is 0.270 e. The van der Waals surface area contributed by atoms with Gasteiger partial charge in [-0.05, 0) is 44.0 Å². The molecule has 0 bridgehead atoms. The number of ether oxygens (including phenoxy) is 1. The fourth-order valence-corrected chi connectivity index (χ4v) is 3.59. The van der Waals surface area contributed by atoms with E-state index in [0.717, 1.165) is 5.56 Å². The molecule has 0 aliphatic carbocycles. The maximum absolute atomic E-state index is 14.1. The lowest BCUT2D eigenvalue weighted by molar-refractivity contribution is -0.384. The third kappa shape index (κ3) is 3.81. The van der Waals surface area contributed by atoms with Crippen LogP contribution in [0.15, 0.2) is 65.7 Å². The van der Waals surface area contributed by atoms with Gasteiger partial charge in [0.15, 0.2) is 0 Å². The summed E-state index contributed by atoms with van der Waals surface area (Å²) in [4.78, 5) is 15.9. The summed E-state index contributed by atoms with van der Waals surface area (Å²) in [6, 6.07) is 17.2. The van der Waals surface area contributed by atoms with Crippen molar-refractivity contribution in [3.63, 3.8) is 0 Å². The van der Waals surface area contributed by atoms with Crippen molar-refractivity contribution < 1.29 is 14.1 Å². The quantitative estimate of drug-likeness (QED) is 0.375. The van der Waals surface area contributed by atoms with Crippen LogP contribution >= 0.6 is 0 Å². The Labute approximate surface area is 174 Å². The fourth-order valence-electron chi connectivity index (χ4n) is 3.59. The molecule has 1 heterocycles. The highest BCUT2D eigenvalue weighted by molar-refractivity contribution is 6.08. The molecule has 1 aliphatic rings. The van der Waals surface area contributed by atoms with Crippen LogP contribution in [0.5, 0.6) is 5.75 Å². The van der Waals surface area contributed by atoms with Crippen LogP contribution in [0, 0.1) is 22.9 Å². The van der Waals surface area contributed by atoms with Crippen molar-refractivity contribution in [2.75, 3.05) is 0 Å². The van der Waals surface area contributed by atoms with Gasteiger partial charge in [-0.25, -0.2) is 4.39 Å². The number of hydrogen-bond acceptors (Lipinski definition) is 4. The second-order valence-electron chi connectivity index (χ2n) is 8.02. The van der Waals surface area contributed by atoms with E-state index in [-0.39, 0.29) is 11.5 Å². The number of aryl methyl sites for hydroxylation is 1. The zero-order valence-electron chi connectivity index (χ0n) is 17.0. The molecule has 30 heavy (non-hydrogen) atoms. The van der Waals surface area contributed by atoms with Crippen molar-refractivity contribution in [3.05, 3.63) is 87.7 Å².